The van der Waals surface area contributed by atoms with Crippen molar-refractivity contribution < 1.29 is 9.90 Å². The van der Waals surface area contributed by atoms with Crippen LogP contribution < -0.4 is 10.9 Å². The maximum Gasteiger partial charge on any atom is 0.250 e. The van der Waals surface area contributed by atoms with Gasteiger partial charge in [0.05, 0.1) is 0 Å². The van der Waals surface area contributed by atoms with Gasteiger partial charge in [-0.2, -0.15) is 0 Å². The van der Waals surface area contributed by atoms with E-state index in [1.807, 2.05) is 0 Å². The number of carbonyl (C=O) groups is 1. The summed E-state index contributed by atoms with van der Waals surface area (Å²) in [6.07, 6.45) is 4.54. The van der Waals surface area contributed by atoms with E-state index in [-0.39, 0.29) is 18.1 Å². The molecule has 1 heterocycles. The number of carbonyl (C=O) groups excluding carboxylic acids is 1. The molecule has 1 rings (SSSR count). The molecular weight excluding hydrogens is 232 g/mol. The molecule has 0 aliphatic rings. The summed E-state index contributed by atoms with van der Waals surface area (Å²) in [6, 6.07) is 4.93. The van der Waals surface area contributed by atoms with Crippen LogP contribution in [0.25, 0.3) is 0 Å². The molecule has 1 amide bonds. The van der Waals surface area contributed by atoms with Crippen LogP contribution in [0.15, 0.2) is 29.2 Å². The lowest BCUT2D eigenvalue weighted by Gasteiger charge is -2.06. The normalized spacial score (nSPS) is 10.3. The highest BCUT2D eigenvalue weighted by molar-refractivity contribution is 5.75. The van der Waals surface area contributed by atoms with Gasteiger partial charge in [0, 0.05) is 38.4 Å². The molecule has 1 aromatic heterocycles. The average Bonchev–Trinajstić information content (AvgIpc) is 2.37. The second-order valence-electron chi connectivity index (χ2n) is 4.12. The number of nitrogens with one attached hydrogen (secondary N) is 1. The SMILES string of the molecule is O=C(CCn1ccccc1=O)NCCCCCO. The molecule has 0 radical (unpaired) electrons. The number of hydrogen-bond acceptors (Lipinski definition) is 3. The van der Waals surface area contributed by atoms with Crippen molar-refractivity contribution in [3.8, 4) is 0 Å². The highest BCUT2D eigenvalue weighted by Crippen LogP contribution is 1.93. The fourth-order valence-electron chi connectivity index (χ4n) is 1.60. The van der Waals surface area contributed by atoms with Crippen LogP contribution in [0.2, 0.25) is 0 Å². The van der Waals surface area contributed by atoms with E-state index in [9.17, 15) is 9.59 Å². The van der Waals surface area contributed by atoms with Gasteiger partial charge in [0.15, 0.2) is 0 Å². The molecule has 0 aliphatic heterocycles. The lowest BCUT2D eigenvalue weighted by molar-refractivity contribution is -0.121. The smallest absolute Gasteiger partial charge is 0.250 e. The molecule has 0 fully saturated rings. The van der Waals surface area contributed by atoms with E-state index in [0.29, 0.717) is 19.5 Å². The predicted molar refractivity (Wildman–Crippen MR) is 69.3 cm³/mol. The van der Waals surface area contributed by atoms with E-state index in [0.717, 1.165) is 19.3 Å². The lowest BCUT2D eigenvalue weighted by atomic mass is 10.2. The first kappa shape index (κ1) is 14.4. The fourth-order valence-corrected chi connectivity index (χ4v) is 1.60. The Kier molecular flexibility index (Phi) is 6.79. The molecule has 18 heavy (non-hydrogen) atoms. The highest BCUT2D eigenvalue weighted by Gasteiger charge is 2.01. The van der Waals surface area contributed by atoms with E-state index in [1.54, 1.807) is 18.3 Å². The summed E-state index contributed by atoms with van der Waals surface area (Å²) in [4.78, 5) is 22.9. The van der Waals surface area contributed by atoms with Gasteiger partial charge in [0.2, 0.25) is 5.91 Å². The predicted octanol–water partition coefficient (Wildman–Crippen LogP) is 0.517. The Balaban J connectivity index is 2.17. The van der Waals surface area contributed by atoms with Crippen LogP contribution in [0.5, 0.6) is 0 Å². The second kappa shape index (κ2) is 8.47. The molecule has 0 saturated heterocycles. The summed E-state index contributed by atoms with van der Waals surface area (Å²) < 4.78 is 1.52. The zero-order chi connectivity index (χ0) is 13.2. The van der Waals surface area contributed by atoms with Crippen molar-refractivity contribution in [2.75, 3.05) is 13.2 Å². The van der Waals surface area contributed by atoms with Gasteiger partial charge in [0.1, 0.15) is 0 Å². The number of hydrogen-bond donors (Lipinski definition) is 2. The van der Waals surface area contributed by atoms with Crippen LogP contribution in [0.4, 0.5) is 0 Å². The molecule has 0 aromatic carbocycles. The Bertz CT molecular complexity index is 415. The van der Waals surface area contributed by atoms with Crippen molar-refractivity contribution in [1.82, 2.24) is 9.88 Å². The van der Waals surface area contributed by atoms with Crippen molar-refractivity contribution in [1.29, 1.82) is 0 Å². The quantitative estimate of drug-likeness (QED) is 0.662. The first-order valence-corrected chi connectivity index (χ1v) is 6.27. The van der Waals surface area contributed by atoms with Crippen molar-refractivity contribution >= 4 is 5.91 Å². The molecule has 2 N–H and O–H groups in total. The van der Waals surface area contributed by atoms with Crippen LogP contribution in [0.1, 0.15) is 25.7 Å². The van der Waals surface area contributed by atoms with Gasteiger partial charge >= 0.3 is 0 Å². The van der Waals surface area contributed by atoms with Crippen LogP contribution >= 0.6 is 0 Å². The second-order valence-corrected chi connectivity index (χ2v) is 4.12. The van der Waals surface area contributed by atoms with Gasteiger partial charge in [0.25, 0.3) is 5.56 Å². The van der Waals surface area contributed by atoms with Gasteiger partial charge in [-0.25, -0.2) is 0 Å². The molecule has 0 saturated carbocycles. The number of nitrogens with zero attached hydrogens (tertiary/aromatic N) is 1. The Hall–Kier alpha value is -1.62. The van der Waals surface area contributed by atoms with Gasteiger partial charge in [-0.3, -0.25) is 9.59 Å². The highest BCUT2D eigenvalue weighted by atomic mass is 16.2. The average molecular weight is 252 g/mol. The maximum atomic E-state index is 11.5. The number of aryl methyl sites for hydroxylation is 1. The van der Waals surface area contributed by atoms with Gasteiger partial charge < -0.3 is 15.0 Å². The number of aliphatic hydroxyl groups excluding tert-OH is 1. The van der Waals surface area contributed by atoms with E-state index >= 15 is 0 Å². The van der Waals surface area contributed by atoms with Crippen LogP contribution in [0.3, 0.4) is 0 Å². The molecule has 0 spiro atoms. The Labute approximate surface area is 106 Å². The summed E-state index contributed by atoms with van der Waals surface area (Å²) in [7, 11) is 0. The number of aromatic nitrogens is 1. The topological polar surface area (TPSA) is 71.3 Å². The molecule has 0 aliphatic carbocycles. The van der Waals surface area contributed by atoms with E-state index in [4.69, 9.17) is 5.11 Å². The third-order valence-electron chi connectivity index (χ3n) is 2.64. The zero-order valence-corrected chi connectivity index (χ0v) is 10.5. The molecule has 0 bridgehead atoms. The molecule has 0 unspecified atom stereocenters. The van der Waals surface area contributed by atoms with Gasteiger partial charge in [-0.15, -0.1) is 0 Å². The number of pyridine rings is 1. The minimum atomic E-state index is -0.0896. The summed E-state index contributed by atoms with van der Waals surface area (Å²) in [5, 5.41) is 11.4. The van der Waals surface area contributed by atoms with Crippen LogP contribution in [0, 0.1) is 0 Å². The third-order valence-corrected chi connectivity index (χ3v) is 2.64. The monoisotopic (exact) mass is 252 g/mol. The van der Waals surface area contributed by atoms with Crippen LogP contribution in [-0.2, 0) is 11.3 Å². The number of rotatable bonds is 8. The Morgan fingerprint density at radius 3 is 2.83 bits per heavy atom. The minimum Gasteiger partial charge on any atom is -0.396 e. The van der Waals surface area contributed by atoms with Crippen molar-refractivity contribution in [3.63, 3.8) is 0 Å². The summed E-state index contributed by atoms with van der Waals surface area (Å²) in [5.74, 6) is -0.0465. The molecule has 5 heteroatoms. The van der Waals surface area contributed by atoms with Gasteiger partial charge in [-0.05, 0) is 25.3 Å². The largest absolute Gasteiger partial charge is 0.396 e. The first-order valence-electron chi connectivity index (χ1n) is 6.27. The summed E-state index contributed by atoms with van der Waals surface area (Å²) in [5.41, 5.74) is -0.0896. The maximum absolute atomic E-state index is 11.5. The van der Waals surface area contributed by atoms with Crippen molar-refractivity contribution in [2.24, 2.45) is 0 Å². The van der Waals surface area contributed by atoms with Gasteiger partial charge in [-0.1, -0.05) is 6.07 Å². The Morgan fingerprint density at radius 2 is 2.11 bits per heavy atom. The van der Waals surface area contributed by atoms with E-state index in [2.05, 4.69) is 5.32 Å². The summed E-state index contributed by atoms with van der Waals surface area (Å²) in [6.45, 7) is 1.23. The molecular formula is C13H20N2O3. The Morgan fingerprint density at radius 1 is 1.28 bits per heavy atom. The molecule has 0 atom stereocenters. The molecule has 1 aromatic rings. The van der Waals surface area contributed by atoms with E-state index < -0.39 is 0 Å². The number of aliphatic hydroxyl groups is 1. The van der Waals surface area contributed by atoms with E-state index in [1.165, 1.54) is 10.6 Å². The standard InChI is InChI=1S/C13H20N2O3/c16-11-5-1-3-8-14-12(17)7-10-15-9-4-2-6-13(15)18/h2,4,6,9,16H,1,3,5,7-8,10-11H2,(H,14,17). The third kappa shape index (κ3) is 5.63. The number of unbranched alkanes of at least 4 members (excludes halogenated alkanes) is 2. The summed E-state index contributed by atoms with van der Waals surface area (Å²) >= 11 is 0. The number of amides is 1. The van der Waals surface area contributed by atoms with Crippen molar-refractivity contribution in [2.45, 2.75) is 32.2 Å². The minimum absolute atomic E-state index is 0.0465. The fraction of sp³-hybridized carbons (Fsp3) is 0.538. The lowest BCUT2D eigenvalue weighted by Crippen LogP contribution is -2.27. The molecule has 100 valence electrons. The van der Waals surface area contributed by atoms with Crippen molar-refractivity contribution in [3.05, 3.63) is 34.7 Å². The molecule has 5 nitrogen and oxygen atoms in total. The van der Waals surface area contributed by atoms with Crippen LogP contribution in [-0.4, -0.2) is 28.7 Å². The first-order chi connectivity index (χ1) is 8.74. The zero-order valence-electron chi connectivity index (χ0n) is 10.5.